The van der Waals surface area contributed by atoms with Crippen LogP contribution in [-0.2, 0) is 19.6 Å². The Hall–Kier alpha value is -1.91. The first-order valence-corrected chi connectivity index (χ1v) is 9.11. The van der Waals surface area contributed by atoms with Crippen molar-refractivity contribution in [2.75, 3.05) is 24.2 Å². The molecule has 124 valence electrons. The average Bonchev–Trinajstić information content (AvgIpc) is 2.79. The number of hydrogen-bond acceptors (Lipinski definition) is 6. The van der Waals surface area contributed by atoms with E-state index >= 15 is 0 Å². The summed E-state index contributed by atoms with van der Waals surface area (Å²) in [5, 5.41) is 2.17. The van der Waals surface area contributed by atoms with Crippen molar-refractivity contribution in [2.24, 2.45) is 0 Å². The summed E-state index contributed by atoms with van der Waals surface area (Å²) in [6.45, 7) is 1.28. The molecule has 1 saturated heterocycles. The van der Waals surface area contributed by atoms with E-state index in [0.717, 1.165) is 16.7 Å². The molecule has 0 bridgehead atoms. The van der Waals surface area contributed by atoms with Crippen molar-refractivity contribution in [1.82, 2.24) is 9.62 Å². The van der Waals surface area contributed by atoms with Crippen LogP contribution in [0.25, 0.3) is 0 Å². The number of anilines is 1. The summed E-state index contributed by atoms with van der Waals surface area (Å²) in [6.07, 6.45) is 0. The van der Waals surface area contributed by atoms with E-state index in [9.17, 15) is 22.8 Å². The topological polar surface area (TPSA) is 113 Å². The molecule has 8 nitrogen and oxygen atoms in total. The van der Waals surface area contributed by atoms with Gasteiger partial charge in [0.2, 0.25) is 21.8 Å². The number of carbonyl (C=O) groups is 3. The van der Waals surface area contributed by atoms with Crippen molar-refractivity contribution in [2.45, 2.75) is 11.8 Å². The number of nitrogens with one attached hydrogen (secondary N) is 2. The van der Waals surface area contributed by atoms with Gasteiger partial charge < -0.3 is 5.32 Å². The molecule has 1 fully saturated rings. The number of carbonyl (C=O) groups excluding carboxylic acids is 3. The molecule has 1 aromatic rings. The second-order valence-corrected chi connectivity index (χ2v) is 7.40. The molecule has 0 saturated carbocycles. The molecule has 1 aliphatic rings. The fourth-order valence-electron chi connectivity index (χ4n) is 1.89. The first kappa shape index (κ1) is 17.4. The number of nitrogens with zero attached hydrogens (tertiary/aromatic N) is 1. The van der Waals surface area contributed by atoms with Crippen LogP contribution >= 0.6 is 11.8 Å². The molecular formula is C13H15N3O5S2. The number of benzene rings is 1. The Labute approximate surface area is 137 Å². The van der Waals surface area contributed by atoms with Crippen molar-refractivity contribution in [3.8, 4) is 0 Å². The number of sulfonamides is 1. The minimum Gasteiger partial charge on any atom is -0.326 e. The Morgan fingerprint density at radius 2 is 1.91 bits per heavy atom. The predicted molar refractivity (Wildman–Crippen MR) is 85.5 cm³/mol. The standard InChI is InChI=1S/C13H15N3O5S2/c1-9(17)15-10-2-4-11(5-3-10)23(20,21)14-6-7-16-12(18)8-22-13(16)19/h2-5,14H,6-8H2,1H3,(H,15,17). The molecule has 0 aliphatic carbocycles. The second-order valence-electron chi connectivity index (χ2n) is 4.70. The van der Waals surface area contributed by atoms with Gasteiger partial charge in [0.15, 0.2) is 0 Å². The summed E-state index contributed by atoms with van der Waals surface area (Å²) < 4.78 is 26.6. The second kappa shape index (κ2) is 7.11. The van der Waals surface area contributed by atoms with Crippen LogP contribution < -0.4 is 10.0 Å². The van der Waals surface area contributed by atoms with Gasteiger partial charge >= 0.3 is 0 Å². The minimum atomic E-state index is -3.75. The molecule has 0 radical (unpaired) electrons. The molecule has 2 rings (SSSR count). The SMILES string of the molecule is CC(=O)Nc1ccc(S(=O)(=O)NCCN2C(=O)CSC2=O)cc1. The van der Waals surface area contributed by atoms with Crippen LogP contribution in [0.15, 0.2) is 29.2 Å². The molecule has 2 N–H and O–H groups in total. The van der Waals surface area contributed by atoms with E-state index in [1.165, 1.54) is 31.2 Å². The highest BCUT2D eigenvalue weighted by molar-refractivity contribution is 8.14. The lowest BCUT2D eigenvalue weighted by Crippen LogP contribution is -2.37. The van der Waals surface area contributed by atoms with E-state index in [2.05, 4.69) is 10.0 Å². The molecule has 0 aromatic heterocycles. The number of hydrogen-bond donors (Lipinski definition) is 2. The highest BCUT2D eigenvalue weighted by Gasteiger charge is 2.29. The van der Waals surface area contributed by atoms with E-state index in [1.807, 2.05) is 0 Å². The zero-order valence-corrected chi connectivity index (χ0v) is 13.9. The number of thioether (sulfide) groups is 1. The van der Waals surface area contributed by atoms with Gasteiger partial charge in [-0.25, -0.2) is 13.1 Å². The summed E-state index contributed by atoms with van der Waals surface area (Å²) in [4.78, 5) is 34.8. The Bertz CT molecular complexity index is 714. The van der Waals surface area contributed by atoms with E-state index in [4.69, 9.17) is 0 Å². The normalized spacial score (nSPS) is 15.1. The lowest BCUT2D eigenvalue weighted by molar-refractivity contribution is -0.124. The molecule has 1 aromatic carbocycles. The third kappa shape index (κ3) is 4.53. The van der Waals surface area contributed by atoms with Gasteiger partial charge in [0.05, 0.1) is 10.6 Å². The smallest absolute Gasteiger partial charge is 0.288 e. The summed E-state index contributed by atoms with van der Waals surface area (Å²) >= 11 is 0.900. The van der Waals surface area contributed by atoms with Crippen LogP contribution in [0.1, 0.15) is 6.92 Å². The molecule has 0 spiro atoms. The Morgan fingerprint density at radius 3 is 2.43 bits per heavy atom. The van der Waals surface area contributed by atoms with Gasteiger partial charge in [-0.1, -0.05) is 11.8 Å². The van der Waals surface area contributed by atoms with Gasteiger partial charge in [0, 0.05) is 25.7 Å². The van der Waals surface area contributed by atoms with E-state index in [1.54, 1.807) is 0 Å². The Balaban J connectivity index is 1.94. The van der Waals surface area contributed by atoms with Crippen LogP contribution in [0.2, 0.25) is 0 Å². The van der Waals surface area contributed by atoms with Crippen molar-refractivity contribution in [3.05, 3.63) is 24.3 Å². The number of imide groups is 1. The van der Waals surface area contributed by atoms with Crippen molar-refractivity contribution >= 4 is 44.5 Å². The molecule has 3 amide bonds. The molecule has 0 unspecified atom stereocenters. The molecular weight excluding hydrogens is 342 g/mol. The lowest BCUT2D eigenvalue weighted by Gasteiger charge is -2.13. The first-order chi connectivity index (χ1) is 10.8. The number of rotatable bonds is 6. The highest BCUT2D eigenvalue weighted by atomic mass is 32.2. The largest absolute Gasteiger partial charge is 0.326 e. The van der Waals surface area contributed by atoms with Gasteiger partial charge in [0.1, 0.15) is 0 Å². The quantitative estimate of drug-likeness (QED) is 0.772. The van der Waals surface area contributed by atoms with Crippen molar-refractivity contribution in [3.63, 3.8) is 0 Å². The van der Waals surface area contributed by atoms with Gasteiger partial charge in [-0.2, -0.15) is 0 Å². The molecule has 23 heavy (non-hydrogen) atoms. The van der Waals surface area contributed by atoms with E-state index < -0.39 is 10.0 Å². The van der Waals surface area contributed by atoms with Crippen LogP contribution in [0, 0.1) is 0 Å². The number of amides is 3. The van der Waals surface area contributed by atoms with Crippen LogP contribution in [0.4, 0.5) is 10.5 Å². The maximum Gasteiger partial charge on any atom is 0.288 e. The highest BCUT2D eigenvalue weighted by Crippen LogP contribution is 2.18. The van der Waals surface area contributed by atoms with E-state index in [-0.39, 0.29) is 40.8 Å². The van der Waals surface area contributed by atoms with Crippen LogP contribution in [0.5, 0.6) is 0 Å². The fourth-order valence-corrected chi connectivity index (χ4v) is 3.67. The maximum absolute atomic E-state index is 12.1. The van der Waals surface area contributed by atoms with E-state index in [0.29, 0.717) is 5.69 Å². The summed E-state index contributed by atoms with van der Waals surface area (Å²) in [6, 6.07) is 5.66. The summed E-state index contributed by atoms with van der Waals surface area (Å²) in [5.41, 5.74) is 0.488. The zero-order chi connectivity index (χ0) is 17.0. The molecule has 1 heterocycles. The molecule has 1 aliphatic heterocycles. The van der Waals surface area contributed by atoms with Gasteiger partial charge in [-0.3, -0.25) is 19.3 Å². The average molecular weight is 357 g/mol. The Morgan fingerprint density at radius 1 is 1.26 bits per heavy atom. The van der Waals surface area contributed by atoms with Crippen LogP contribution in [0.3, 0.4) is 0 Å². The van der Waals surface area contributed by atoms with Gasteiger partial charge in [-0.15, -0.1) is 0 Å². The minimum absolute atomic E-state index is 0.00608. The van der Waals surface area contributed by atoms with Crippen LogP contribution in [-0.4, -0.2) is 49.2 Å². The predicted octanol–water partition coefficient (Wildman–Crippen LogP) is 0.619. The monoisotopic (exact) mass is 357 g/mol. The lowest BCUT2D eigenvalue weighted by atomic mass is 10.3. The van der Waals surface area contributed by atoms with Crippen molar-refractivity contribution < 1.29 is 22.8 Å². The zero-order valence-electron chi connectivity index (χ0n) is 12.2. The fraction of sp³-hybridized carbons (Fsp3) is 0.308. The Kier molecular flexibility index (Phi) is 5.39. The maximum atomic E-state index is 12.1. The third-order valence-electron chi connectivity index (χ3n) is 2.95. The third-order valence-corrected chi connectivity index (χ3v) is 5.29. The summed E-state index contributed by atoms with van der Waals surface area (Å²) in [5.74, 6) is -0.480. The van der Waals surface area contributed by atoms with Gasteiger partial charge in [0.25, 0.3) is 5.24 Å². The first-order valence-electron chi connectivity index (χ1n) is 6.64. The summed E-state index contributed by atoms with van der Waals surface area (Å²) in [7, 11) is -3.75. The van der Waals surface area contributed by atoms with Crippen molar-refractivity contribution in [1.29, 1.82) is 0 Å². The molecule has 10 heteroatoms. The molecule has 0 atom stereocenters. The van der Waals surface area contributed by atoms with Gasteiger partial charge in [-0.05, 0) is 24.3 Å².